The van der Waals surface area contributed by atoms with Crippen molar-refractivity contribution >= 4 is 11.3 Å². The molecule has 6 heteroatoms. The quantitative estimate of drug-likeness (QED) is 0.474. The first kappa shape index (κ1) is 13.1. The summed E-state index contributed by atoms with van der Waals surface area (Å²) in [7, 11) is 0. The van der Waals surface area contributed by atoms with E-state index in [1.165, 1.54) is 29.5 Å². The Bertz CT molecular complexity index is 510. The van der Waals surface area contributed by atoms with Gasteiger partial charge < -0.3 is 0 Å². The molecule has 0 spiro atoms. The van der Waals surface area contributed by atoms with Crippen LogP contribution in [0.25, 0.3) is 0 Å². The lowest BCUT2D eigenvalue weighted by molar-refractivity contribution is -0.314. The van der Waals surface area contributed by atoms with Crippen LogP contribution >= 0.6 is 11.3 Å². The van der Waals surface area contributed by atoms with E-state index >= 15 is 0 Å². The number of hydrogen-bond donors (Lipinski definition) is 0. The van der Waals surface area contributed by atoms with Gasteiger partial charge in [-0.25, -0.2) is 23.5 Å². The van der Waals surface area contributed by atoms with Gasteiger partial charge in [-0.05, 0) is 19.1 Å². The van der Waals surface area contributed by atoms with Crippen molar-refractivity contribution in [2.75, 3.05) is 0 Å². The summed E-state index contributed by atoms with van der Waals surface area (Å²) in [5, 5.41) is 2.76. The number of thiazole rings is 1. The highest BCUT2D eigenvalue weighted by molar-refractivity contribution is 7.09. The minimum Gasteiger partial charge on any atom is -0.244 e. The Kier molecular flexibility index (Phi) is 4.35. The third-order valence-electron chi connectivity index (χ3n) is 2.22. The fraction of sp³-hybridized carbons (Fsp3) is 0.250. The SMILES string of the molecule is Cc1nc(COOCc2c(F)cccc2F)cs1. The zero-order chi connectivity index (χ0) is 13.0. The first-order valence-corrected chi connectivity index (χ1v) is 6.13. The lowest BCUT2D eigenvalue weighted by Crippen LogP contribution is -2.01. The van der Waals surface area contributed by atoms with Gasteiger partial charge in [-0.15, -0.1) is 11.3 Å². The van der Waals surface area contributed by atoms with Crippen molar-refractivity contribution in [3.8, 4) is 0 Å². The third-order valence-corrected chi connectivity index (χ3v) is 3.04. The van der Waals surface area contributed by atoms with E-state index in [1.807, 2.05) is 12.3 Å². The molecule has 1 heterocycles. The number of halogens is 2. The highest BCUT2D eigenvalue weighted by Gasteiger charge is 2.08. The Morgan fingerprint density at radius 3 is 2.44 bits per heavy atom. The standard InChI is InChI=1S/C12H11F2NO2S/c1-8-15-9(7-18-8)5-16-17-6-10-11(13)3-2-4-12(10)14/h2-4,7H,5-6H2,1H3. The Morgan fingerprint density at radius 2 is 1.83 bits per heavy atom. The molecule has 0 atom stereocenters. The van der Waals surface area contributed by atoms with Gasteiger partial charge in [0, 0.05) is 5.38 Å². The Morgan fingerprint density at radius 1 is 1.17 bits per heavy atom. The molecular formula is C12H11F2NO2S. The molecule has 0 unspecified atom stereocenters. The Balaban J connectivity index is 1.82. The summed E-state index contributed by atoms with van der Waals surface area (Å²) in [5.41, 5.74) is 0.582. The zero-order valence-electron chi connectivity index (χ0n) is 9.65. The van der Waals surface area contributed by atoms with Crippen LogP contribution in [0.15, 0.2) is 23.6 Å². The van der Waals surface area contributed by atoms with Crippen molar-refractivity contribution in [2.45, 2.75) is 20.1 Å². The molecule has 0 aliphatic heterocycles. The van der Waals surface area contributed by atoms with E-state index < -0.39 is 11.6 Å². The first-order valence-electron chi connectivity index (χ1n) is 5.25. The van der Waals surface area contributed by atoms with Gasteiger partial charge in [0.05, 0.1) is 16.3 Å². The van der Waals surface area contributed by atoms with Crippen molar-refractivity contribution in [3.05, 3.63) is 51.5 Å². The monoisotopic (exact) mass is 271 g/mol. The van der Waals surface area contributed by atoms with E-state index in [-0.39, 0.29) is 18.8 Å². The van der Waals surface area contributed by atoms with Gasteiger partial charge in [0.1, 0.15) is 24.8 Å². The number of hydrogen-bond acceptors (Lipinski definition) is 4. The molecule has 0 N–H and O–H groups in total. The van der Waals surface area contributed by atoms with Crippen molar-refractivity contribution in [1.82, 2.24) is 4.98 Å². The molecular weight excluding hydrogens is 260 g/mol. The average molecular weight is 271 g/mol. The van der Waals surface area contributed by atoms with Crippen LogP contribution in [0.3, 0.4) is 0 Å². The fourth-order valence-corrected chi connectivity index (χ4v) is 1.94. The van der Waals surface area contributed by atoms with E-state index in [0.29, 0.717) is 0 Å². The molecule has 0 bridgehead atoms. The molecule has 0 saturated carbocycles. The zero-order valence-corrected chi connectivity index (χ0v) is 10.5. The van der Waals surface area contributed by atoms with Crippen LogP contribution < -0.4 is 0 Å². The van der Waals surface area contributed by atoms with E-state index in [1.54, 1.807) is 0 Å². The van der Waals surface area contributed by atoms with Gasteiger partial charge in [0.25, 0.3) is 0 Å². The third kappa shape index (κ3) is 3.32. The number of rotatable bonds is 5. The summed E-state index contributed by atoms with van der Waals surface area (Å²) < 4.78 is 26.4. The predicted molar refractivity (Wildman–Crippen MR) is 62.8 cm³/mol. The molecule has 0 radical (unpaired) electrons. The summed E-state index contributed by atoms with van der Waals surface area (Å²) in [6.45, 7) is 1.76. The molecule has 96 valence electrons. The van der Waals surface area contributed by atoms with Gasteiger partial charge in [0.15, 0.2) is 0 Å². The molecule has 2 rings (SSSR count). The predicted octanol–water partition coefficient (Wildman–Crippen LogP) is 3.38. The van der Waals surface area contributed by atoms with E-state index in [9.17, 15) is 8.78 Å². The highest BCUT2D eigenvalue weighted by Crippen LogP contribution is 2.14. The van der Waals surface area contributed by atoms with Crippen molar-refractivity contribution in [3.63, 3.8) is 0 Å². The summed E-state index contributed by atoms with van der Waals surface area (Å²) in [5.74, 6) is -1.30. The van der Waals surface area contributed by atoms with Crippen LogP contribution in [-0.4, -0.2) is 4.98 Å². The average Bonchev–Trinajstić information content (AvgIpc) is 2.73. The Labute approximate surface area is 107 Å². The molecule has 3 nitrogen and oxygen atoms in total. The summed E-state index contributed by atoms with van der Waals surface area (Å²) >= 11 is 1.50. The number of benzene rings is 1. The second kappa shape index (κ2) is 5.99. The molecule has 0 fully saturated rings. The van der Waals surface area contributed by atoms with E-state index in [2.05, 4.69) is 4.98 Å². The van der Waals surface area contributed by atoms with Crippen molar-refractivity contribution in [2.24, 2.45) is 0 Å². The van der Waals surface area contributed by atoms with Crippen LogP contribution in [0.5, 0.6) is 0 Å². The second-order valence-electron chi connectivity index (χ2n) is 3.58. The topological polar surface area (TPSA) is 31.4 Å². The molecule has 18 heavy (non-hydrogen) atoms. The normalized spacial score (nSPS) is 10.8. The fourth-order valence-electron chi connectivity index (χ4n) is 1.35. The minimum atomic E-state index is -0.650. The molecule has 0 aliphatic carbocycles. The van der Waals surface area contributed by atoms with Gasteiger partial charge in [0.2, 0.25) is 0 Å². The molecule has 1 aromatic carbocycles. The highest BCUT2D eigenvalue weighted by atomic mass is 32.1. The molecule has 0 aliphatic rings. The van der Waals surface area contributed by atoms with Gasteiger partial charge in [-0.1, -0.05) is 6.07 Å². The molecule has 0 amide bonds. The van der Waals surface area contributed by atoms with Gasteiger partial charge in [-0.3, -0.25) is 0 Å². The lowest BCUT2D eigenvalue weighted by atomic mass is 10.2. The minimum absolute atomic E-state index is 0.146. The lowest BCUT2D eigenvalue weighted by Gasteiger charge is -2.05. The second-order valence-corrected chi connectivity index (χ2v) is 4.64. The van der Waals surface area contributed by atoms with Crippen LogP contribution in [0, 0.1) is 18.6 Å². The van der Waals surface area contributed by atoms with Crippen LogP contribution in [0.1, 0.15) is 16.3 Å². The molecule has 0 saturated heterocycles. The maximum Gasteiger partial charge on any atom is 0.131 e. The maximum absolute atomic E-state index is 13.2. The Hall–Kier alpha value is -1.37. The van der Waals surface area contributed by atoms with Crippen molar-refractivity contribution in [1.29, 1.82) is 0 Å². The van der Waals surface area contributed by atoms with Crippen LogP contribution in [-0.2, 0) is 23.0 Å². The van der Waals surface area contributed by atoms with Crippen LogP contribution in [0.4, 0.5) is 8.78 Å². The van der Waals surface area contributed by atoms with Gasteiger partial charge in [-0.2, -0.15) is 0 Å². The summed E-state index contributed by atoms with van der Waals surface area (Å²) in [4.78, 5) is 13.8. The van der Waals surface area contributed by atoms with E-state index in [4.69, 9.17) is 9.78 Å². The smallest absolute Gasteiger partial charge is 0.131 e. The maximum atomic E-state index is 13.2. The summed E-state index contributed by atoms with van der Waals surface area (Å²) in [6.07, 6.45) is 0. The van der Waals surface area contributed by atoms with E-state index in [0.717, 1.165) is 10.7 Å². The number of aryl methyl sites for hydroxylation is 1. The summed E-state index contributed by atoms with van der Waals surface area (Å²) in [6, 6.07) is 3.64. The van der Waals surface area contributed by atoms with Gasteiger partial charge >= 0.3 is 0 Å². The molecule has 2 aromatic rings. The van der Waals surface area contributed by atoms with Crippen LogP contribution in [0.2, 0.25) is 0 Å². The molecule has 1 aromatic heterocycles. The number of aromatic nitrogens is 1. The van der Waals surface area contributed by atoms with Crippen molar-refractivity contribution < 1.29 is 18.6 Å². The largest absolute Gasteiger partial charge is 0.244 e. The number of nitrogens with zero attached hydrogens (tertiary/aromatic N) is 1. The first-order chi connectivity index (χ1) is 8.66.